The Labute approximate surface area is 407 Å². The molecule has 0 bridgehead atoms. The SMILES string of the molecule is c1ccc(-n2c3ccccc3c3c(-c4ccc5c6ccccc6n(-c6ccc7c8ccccc8n(-c8cccc([Si](c9ccccc9)(c9ccccc9)c9ccccc9)c8)c7c6)c5c4)cccc32)cc1. The Balaban J connectivity index is 0.998. The summed E-state index contributed by atoms with van der Waals surface area (Å²) in [5.41, 5.74) is 12.9. The molecule has 70 heavy (non-hydrogen) atoms. The molecule has 0 amide bonds. The molecule has 0 atom stereocenters. The van der Waals surface area contributed by atoms with Crippen molar-refractivity contribution in [1.82, 2.24) is 13.7 Å². The van der Waals surface area contributed by atoms with E-state index < -0.39 is 8.07 Å². The molecule has 0 aliphatic heterocycles. The van der Waals surface area contributed by atoms with Gasteiger partial charge in [-0.3, -0.25) is 0 Å². The summed E-state index contributed by atoms with van der Waals surface area (Å²) in [6, 6.07) is 101. The third-order valence-electron chi connectivity index (χ3n) is 14.8. The van der Waals surface area contributed by atoms with Crippen LogP contribution < -0.4 is 20.7 Å². The molecule has 0 N–H and O–H groups in total. The maximum atomic E-state index is 2.50. The van der Waals surface area contributed by atoms with E-state index in [1.54, 1.807) is 0 Å². The van der Waals surface area contributed by atoms with Gasteiger partial charge in [-0.15, -0.1) is 0 Å². The van der Waals surface area contributed by atoms with Gasteiger partial charge in [-0.05, 0) is 98.6 Å². The average molecular weight is 908 g/mol. The Kier molecular flexibility index (Phi) is 9.23. The van der Waals surface area contributed by atoms with Gasteiger partial charge in [0.1, 0.15) is 0 Å². The second-order valence-corrected chi connectivity index (χ2v) is 22.2. The molecule has 4 heteroatoms. The Hall–Kier alpha value is -8.96. The Morgan fingerprint density at radius 2 is 0.629 bits per heavy atom. The molecule has 3 heterocycles. The van der Waals surface area contributed by atoms with E-state index in [4.69, 9.17) is 0 Å². The first-order chi connectivity index (χ1) is 34.8. The third kappa shape index (κ3) is 6.00. The van der Waals surface area contributed by atoms with Crippen molar-refractivity contribution in [2.24, 2.45) is 0 Å². The molecular weight excluding hydrogens is 863 g/mol. The number of aromatic nitrogens is 3. The van der Waals surface area contributed by atoms with Gasteiger partial charge in [-0.1, -0.05) is 206 Å². The van der Waals surface area contributed by atoms with Gasteiger partial charge in [0.2, 0.25) is 0 Å². The van der Waals surface area contributed by atoms with E-state index in [-0.39, 0.29) is 0 Å². The fraction of sp³-hybridized carbons (Fsp3) is 0. The topological polar surface area (TPSA) is 14.8 Å². The zero-order chi connectivity index (χ0) is 46.2. The number of benzene rings is 11. The first-order valence-corrected chi connectivity index (χ1v) is 26.2. The van der Waals surface area contributed by atoms with Gasteiger partial charge in [0.05, 0.1) is 33.1 Å². The second-order valence-electron chi connectivity index (χ2n) is 18.4. The van der Waals surface area contributed by atoms with Crippen molar-refractivity contribution in [3.8, 4) is 28.2 Å². The van der Waals surface area contributed by atoms with E-state index >= 15 is 0 Å². The molecule has 0 saturated heterocycles. The second kappa shape index (κ2) is 16.1. The quantitative estimate of drug-likeness (QED) is 0.107. The van der Waals surface area contributed by atoms with Crippen LogP contribution in [-0.2, 0) is 0 Å². The molecule has 0 aliphatic carbocycles. The lowest BCUT2D eigenvalue weighted by Gasteiger charge is -2.34. The van der Waals surface area contributed by atoms with Gasteiger partial charge in [-0.25, -0.2) is 0 Å². The van der Waals surface area contributed by atoms with Crippen LogP contribution in [-0.4, -0.2) is 21.8 Å². The number of nitrogens with zero attached hydrogens (tertiary/aromatic N) is 3. The van der Waals surface area contributed by atoms with Crippen molar-refractivity contribution in [1.29, 1.82) is 0 Å². The lowest BCUT2D eigenvalue weighted by atomic mass is 9.98. The van der Waals surface area contributed by atoms with Crippen LogP contribution >= 0.6 is 0 Å². The number of hydrogen-bond donors (Lipinski definition) is 0. The van der Waals surface area contributed by atoms with Crippen molar-refractivity contribution >= 4 is 94.2 Å². The van der Waals surface area contributed by atoms with Gasteiger partial charge >= 0.3 is 0 Å². The lowest BCUT2D eigenvalue weighted by molar-refractivity contribution is 1.16. The number of fused-ring (bicyclic) bond motifs is 9. The summed E-state index contributed by atoms with van der Waals surface area (Å²) < 4.78 is 7.39. The van der Waals surface area contributed by atoms with Crippen LogP contribution in [0.1, 0.15) is 0 Å². The first kappa shape index (κ1) is 40.1. The van der Waals surface area contributed by atoms with Gasteiger partial charge in [-0.2, -0.15) is 0 Å². The molecule has 3 nitrogen and oxygen atoms in total. The molecular formula is C66H45N3Si. The van der Waals surface area contributed by atoms with Crippen molar-refractivity contribution in [2.75, 3.05) is 0 Å². The molecule has 11 aromatic carbocycles. The third-order valence-corrected chi connectivity index (χ3v) is 19.5. The molecule has 0 saturated carbocycles. The summed E-state index contributed by atoms with van der Waals surface area (Å²) in [5.74, 6) is 0. The van der Waals surface area contributed by atoms with Gasteiger partial charge in [0.25, 0.3) is 0 Å². The van der Waals surface area contributed by atoms with Crippen LogP contribution in [0.25, 0.3) is 93.6 Å². The van der Waals surface area contributed by atoms with Crippen LogP contribution in [0.4, 0.5) is 0 Å². The van der Waals surface area contributed by atoms with Crippen LogP contribution in [0.2, 0.25) is 0 Å². The summed E-state index contributed by atoms with van der Waals surface area (Å²) in [6.45, 7) is 0. The predicted octanol–water partition coefficient (Wildman–Crippen LogP) is 14.0. The smallest absolute Gasteiger partial charge is 0.179 e. The lowest BCUT2D eigenvalue weighted by Crippen LogP contribution is -2.74. The molecule has 0 spiro atoms. The van der Waals surface area contributed by atoms with Crippen LogP contribution in [0.15, 0.2) is 273 Å². The predicted molar refractivity (Wildman–Crippen MR) is 299 cm³/mol. The average Bonchev–Trinajstić information content (AvgIpc) is 4.08. The molecule has 3 aromatic heterocycles. The maximum absolute atomic E-state index is 2.80. The van der Waals surface area contributed by atoms with Crippen LogP contribution in [0.3, 0.4) is 0 Å². The standard InChI is InChI=1S/C66H45N3Si/c1-5-21-47(22-6-1)67-62-37-18-15-33-59(62)66-54(34-20-38-63(66)67)46-39-41-57-55-31-13-17-36-61(55)69(64(57)43-46)49-40-42-58-56-32-14-16-35-60(56)68(65(58)45-49)48-23-19-30-53(44-48)70(50-24-7-2-8-25-50,51-26-9-3-10-27-51)52-28-11-4-12-29-52/h1-45H. The molecule has 0 radical (unpaired) electrons. The fourth-order valence-electron chi connectivity index (χ4n) is 11.9. The number of para-hydroxylation sites is 4. The first-order valence-electron chi connectivity index (χ1n) is 24.2. The number of rotatable bonds is 8. The van der Waals surface area contributed by atoms with Gasteiger partial charge in [0.15, 0.2) is 8.07 Å². The van der Waals surface area contributed by atoms with Crippen LogP contribution in [0, 0.1) is 0 Å². The Morgan fingerprint density at radius 1 is 0.229 bits per heavy atom. The molecule has 14 rings (SSSR count). The summed E-state index contributed by atoms with van der Waals surface area (Å²) in [6.07, 6.45) is 0. The summed E-state index contributed by atoms with van der Waals surface area (Å²) >= 11 is 0. The Morgan fingerprint density at radius 3 is 1.23 bits per heavy atom. The molecule has 328 valence electrons. The highest BCUT2D eigenvalue weighted by molar-refractivity contribution is 7.19. The van der Waals surface area contributed by atoms with Crippen molar-refractivity contribution < 1.29 is 0 Å². The minimum atomic E-state index is -2.80. The van der Waals surface area contributed by atoms with Crippen molar-refractivity contribution in [2.45, 2.75) is 0 Å². The summed E-state index contributed by atoms with van der Waals surface area (Å²) in [4.78, 5) is 0. The van der Waals surface area contributed by atoms with Gasteiger partial charge < -0.3 is 13.7 Å². The van der Waals surface area contributed by atoms with Gasteiger partial charge in [0, 0.05) is 49.4 Å². The zero-order valence-electron chi connectivity index (χ0n) is 38.3. The minimum absolute atomic E-state index is 1.12. The van der Waals surface area contributed by atoms with E-state index in [9.17, 15) is 0 Å². The van der Waals surface area contributed by atoms with Crippen LogP contribution in [0.5, 0.6) is 0 Å². The largest absolute Gasteiger partial charge is 0.309 e. The Bertz CT molecular complexity index is 4180. The molecule has 14 aromatic rings. The fourth-order valence-corrected chi connectivity index (χ4v) is 16.6. The molecule has 0 unspecified atom stereocenters. The highest BCUT2D eigenvalue weighted by atomic mass is 28.3. The summed E-state index contributed by atoms with van der Waals surface area (Å²) in [7, 11) is -2.80. The van der Waals surface area contributed by atoms with Crippen molar-refractivity contribution in [3.63, 3.8) is 0 Å². The highest BCUT2D eigenvalue weighted by Crippen LogP contribution is 2.42. The molecule has 0 fully saturated rings. The normalized spacial score (nSPS) is 12.0. The van der Waals surface area contributed by atoms with E-state index in [1.807, 2.05) is 0 Å². The molecule has 0 aliphatic rings. The highest BCUT2D eigenvalue weighted by Gasteiger charge is 2.41. The van der Waals surface area contributed by atoms with E-state index in [1.165, 1.54) is 97.3 Å². The van der Waals surface area contributed by atoms with E-state index in [0.29, 0.717) is 0 Å². The van der Waals surface area contributed by atoms with E-state index in [0.717, 1.165) is 17.1 Å². The van der Waals surface area contributed by atoms with Crippen molar-refractivity contribution in [3.05, 3.63) is 273 Å². The van der Waals surface area contributed by atoms with E-state index in [2.05, 4.69) is 287 Å². The minimum Gasteiger partial charge on any atom is -0.309 e. The number of hydrogen-bond acceptors (Lipinski definition) is 0. The summed E-state index contributed by atoms with van der Waals surface area (Å²) in [5, 5.41) is 12.9. The maximum Gasteiger partial charge on any atom is 0.179 e. The monoisotopic (exact) mass is 907 g/mol. The zero-order valence-corrected chi connectivity index (χ0v) is 39.3.